The lowest BCUT2D eigenvalue weighted by molar-refractivity contribution is -0.147. The van der Waals surface area contributed by atoms with Gasteiger partial charge < -0.3 is 19.5 Å². The zero-order valence-corrected chi connectivity index (χ0v) is 12.2. The van der Waals surface area contributed by atoms with Crippen molar-refractivity contribution >= 4 is 5.91 Å². The summed E-state index contributed by atoms with van der Waals surface area (Å²) in [6, 6.07) is 0. The highest BCUT2D eigenvalue weighted by Gasteiger charge is 2.00. The summed E-state index contributed by atoms with van der Waals surface area (Å²) in [6.45, 7) is 4.53. The van der Waals surface area contributed by atoms with Gasteiger partial charge in [-0.1, -0.05) is 19.8 Å². The van der Waals surface area contributed by atoms with Crippen molar-refractivity contribution in [3.8, 4) is 0 Å². The average Bonchev–Trinajstić information content (AvgIpc) is 2.45. The lowest BCUT2D eigenvalue weighted by Gasteiger charge is -2.07. The number of halogens is 1. The Hall–Kier alpha value is -0.760. The number of carbonyl (C=O) groups excluding carboxylic acids is 1. The Kier molecular flexibility index (Phi) is 15.7. The fourth-order valence-electron chi connectivity index (χ4n) is 1.35. The van der Waals surface area contributed by atoms with Crippen LogP contribution in [0.25, 0.3) is 0 Å². The summed E-state index contributed by atoms with van der Waals surface area (Å²) in [6.07, 6.45) is 3.25. The quantitative estimate of drug-likeness (QED) is 0.461. The number of hydrogen-bond donors (Lipinski definition) is 1. The molecule has 0 aliphatic carbocycles. The minimum atomic E-state index is -0.101. The van der Waals surface area contributed by atoms with E-state index < -0.39 is 0 Å². The van der Waals surface area contributed by atoms with E-state index in [1.165, 1.54) is 0 Å². The molecule has 0 fully saturated rings. The summed E-state index contributed by atoms with van der Waals surface area (Å²) in [5.41, 5.74) is 0. The summed E-state index contributed by atoms with van der Waals surface area (Å²) < 4.78 is 26.6. The molecule has 7 heteroatoms. The predicted molar refractivity (Wildman–Crippen MR) is 72.1 cm³/mol. The highest BCUT2D eigenvalue weighted by atomic mass is 19.3. The molecule has 0 aliphatic rings. The van der Waals surface area contributed by atoms with Crippen molar-refractivity contribution in [2.75, 3.05) is 52.8 Å². The molecule has 0 bridgehead atoms. The van der Waals surface area contributed by atoms with E-state index in [2.05, 4.69) is 17.2 Å². The van der Waals surface area contributed by atoms with Gasteiger partial charge >= 0.3 is 0 Å². The SMILES string of the molecule is CCCCCNC(=O)COCCOCCOCCOF. The van der Waals surface area contributed by atoms with Crippen LogP contribution >= 0.6 is 0 Å². The van der Waals surface area contributed by atoms with Crippen LogP contribution in [0, 0.1) is 0 Å². The van der Waals surface area contributed by atoms with E-state index in [-0.39, 0.29) is 25.7 Å². The first-order chi connectivity index (χ1) is 9.81. The second kappa shape index (κ2) is 16.3. The van der Waals surface area contributed by atoms with Gasteiger partial charge in [0, 0.05) is 6.54 Å². The molecule has 0 saturated heterocycles. The van der Waals surface area contributed by atoms with E-state index in [0.717, 1.165) is 19.3 Å². The molecule has 0 radical (unpaired) electrons. The van der Waals surface area contributed by atoms with Gasteiger partial charge in [0.2, 0.25) is 5.91 Å². The Labute approximate surface area is 119 Å². The molecular weight excluding hydrogens is 269 g/mol. The van der Waals surface area contributed by atoms with Gasteiger partial charge in [-0.15, -0.1) is 0 Å². The molecular formula is C13H26FNO5. The van der Waals surface area contributed by atoms with Gasteiger partial charge in [-0.05, 0) is 10.9 Å². The van der Waals surface area contributed by atoms with Gasteiger partial charge in [-0.2, -0.15) is 4.94 Å². The maximum absolute atomic E-state index is 11.3. The van der Waals surface area contributed by atoms with Crippen LogP contribution in [0.1, 0.15) is 26.2 Å². The minimum Gasteiger partial charge on any atom is -0.377 e. The third-order valence-electron chi connectivity index (χ3n) is 2.38. The topological polar surface area (TPSA) is 66.0 Å². The fourth-order valence-corrected chi connectivity index (χ4v) is 1.35. The lowest BCUT2D eigenvalue weighted by atomic mass is 10.2. The van der Waals surface area contributed by atoms with Crippen molar-refractivity contribution in [1.29, 1.82) is 0 Å². The number of ether oxygens (including phenoxy) is 3. The van der Waals surface area contributed by atoms with Gasteiger partial charge in [0.25, 0.3) is 0 Å². The predicted octanol–water partition coefficient (Wildman–Crippen LogP) is 1.24. The lowest BCUT2D eigenvalue weighted by Crippen LogP contribution is -2.29. The molecule has 0 aromatic rings. The number of nitrogens with one attached hydrogen (secondary N) is 1. The van der Waals surface area contributed by atoms with Gasteiger partial charge in [-0.25, -0.2) is 0 Å². The normalized spacial score (nSPS) is 10.7. The van der Waals surface area contributed by atoms with Crippen molar-refractivity contribution in [2.24, 2.45) is 0 Å². The molecule has 6 nitrogen and oxygen atoms in total. The number of rotatable bonds is 15. The van der Waals surface area contributed by atoms with Crippen molar-refractivity contribution in [2.45, 2.75) is 26.2 Å². The maximum atomic E-state index is 11.3. The zero-order valence-electron chi connectivity index (χ0n) is 12.2. The van der Waals surface area contributed by atoms with Gasteiger partial charge in [0.05, 0.1) is 33.0 Å². The van der Waals surface area contributed by atoms with Crippen LogP contribution in [-0.4, -0.2) is 58.7 Å². The molecule has 0 aromatic carbocycles. The van der Waals surface area contributed by atoms with Crippen LogP contribution < -0.4 is 5.32 Å². The Balaban J connectivity index is 3.09. The monoisotopic (exact) mass is 295 g/mol. The van der Waals surface area contributed by atoms with E-state index in [1.54, 1.807) is 0 Å². The maximum Gasteiger partial charge on any atom is 0.245 e. The second-order valence-electron chi connectivity index (χ2n) is 4.15. The molecule has 0 aromatic heterocycles. The largest absolute Gasteiger partial charge is 0.377 e. The van der Waals surface area contributed by atoms with Crippen LogP contribution in [0.4, 0.5) is 4.53 Å². The molecule has 1 N–H and O–H groups in total. The van der Waals surface area contributed by atoms with Crippen molar-refractivity contribution in [3.05, 3.63) is 0 Å². The molecule has 0 atom stereocenters. The minimum absolute atomic E-state index is 0.0554. The summed E-state index contributed by atoms with van der Waals surface area (Å²) in [5.74, 6) is -0.101. The van der Waals surface area contributed by atoms with Crippen molar-refractivity contribution in [3.63, 3.8) is 0 Å². The average molecular weight is 295 g/mol. The summed E-state index contributed by atoms with van der Waals surface area (Å²) >= 11 is 0. The number of carbonyl (C=O) groups is 1. The van der Waals surface area contributed by atoms with E-state index in [0.29, 0.717) is 33.0 Å². The fraction of sp³-hybridized carbons (Fsp3) is 0.923. The van der Waals surface area contributed by atoms with Gasteiger partial charge in [-0.3, -0.25) is 4.79 Å². The third-order valence-corrected chi connectivity index (χ3v) is 2.38. The molecule has 1 amide bonds. The first kappa shape index (κ1) is 19.2. The second-order valence-corrected chi connectivity index (χ2v) is 4.15. The Morgan fingerprint density at radius 2 is 1.55 bits per heavy atom. The zero-order chi connectivity index (χ0) is 14.9. The van der Waals surface area contributed by atoms with E-state index in [4.69, 9.17) is 14.2 Å². The van der Waals surface area contributed by atoms with Crippen molar-refractivity contribution < 1.29 is 28.5 Å². The molecule has 20 heavy (non-hydrogen) atoms. The molecule has 120 valence electrons. The van der Waals surface area contributed by atoms with E-state index >= 15 is 0 Å². The van der Waals surface area contributed by atoms with Crippen LogP contribution in [0.3, 0.4) is 0 Å². The van der Waals surface area contributed by atoms with Crippen molar-refractivity contribution in [1.82, 2.24) is 5.32 Å². The first-order valence-electron chi connectivity index (χ1n) is 7.04. The molecule has 0 saturated carbocycles. The highest BCUT2D eigenvalue weighted by Crippen LogP contribution is 1.91. The number of hydrogen-bond acceptors (Lipinski definition) is 5. The standard InChI is InChI=1S/C13H26FNO5/c1-2-3-4-5-15-13(16)12-19-9-8-17-6-7-18-10-11-20-14/h2-12H2,1H3,(H,15,16). The summed E-state index contributed by atoms with van der Waals surface area (Å²) in [7, 11) is 0. The molecule has 0 rings (SSSR count). The Morgan fingerprint density at radius 1 is 0.950 bits per heavy atom. The number of unbranched alkanes of at least 4 members (excludes halogenated alkanes) is 2. The van der Waals surface area contributed by atoms with E-state index in [9.17, 15) is 9.32 Å². The number of amides is 1. The van der Waals surface area contributed by atoms with Crippen LogP contribution in [0.5, 0.6) is 0 Å². The summed E-state index contributed by atoms with van der Waals surface area (Å²) in [4.78, 5) is 14.6. The molecule has 0 unspecified atom stereocenters. The van der Waals surface area contributed by atoms with Gasteiger partial charge in [0.15, 0.2) is 0 Å². The highest BCUT2D eigenvalue weighted by molar-refractivity contribution is 5.77. The van der Waals surface area contributed by atoms with Gasteiger partial charge in [0.1, 0.15) is 13.2 Å². The Morgan fingerprint density at radius 3 is 2.15 bits per heavy atom. The Bertz CT molecular complexity index is 219. The molecule has 0 aliphatic heterocycles. The molecule has 0 spiro atoms. The smallest absolute Gasteiger partial charge is 0.245 e. The van der Waals surface area contributed by atoms with Crippen LogP contribution in [0.15, 0.2) is 0 Å². The van der Waals surface area contributed by atoms with E-state index in [1.807, 2.05) is 0 Å². The third kappa shape index (κ3) is 15.3. The van der Waals surface area contributed by atoms with Crippen LogP contribution in [0.2, 0.25) is 0 Å². The summed E-state index contributed by atoms with van der Waals surface area (Å²) in [5, 5.41) is 2.78. The molecule has 0 heterocycles. The first-order valence-corrected chi connectivity index (χ1v) is 7.04. The van der Waals surface area contributed by atoms with Crippen LogP contribution in [-0.2, 0) is 23.9 Å².